The molecular weight excluding hydrogens is 384 g/mol. The second-order valence-electron chi connectivity index (χ2n) is 7.55. The fourth-order valence-electron chi connectivity index (χ4n) is 3.84. The van der Waals surface area contributed by atoms with Crippen LogP contribution in [0.15, 0.2) is 41.3 Å². The van der Waals surface area contributed by atoms with Gasteiger partial charge in [-0.3, -0.25) is 9.48 Å². The molecule has 154 valence electrons. The fourth-order valence-corrected chi connectivity index (χ4v) is 3.84. The molecule has 5 heterocycles. The van der Waals surface area contributed by atoms with E-state index in [2.05, 4.69) is 25.7 Å². The molecular formula is C20H22N8O2. The van der Waals surface area contributed by atoms with Gasteiger partial charge in [0.15, 0.2) is 0 Å². The first-order valence-electron chi connectivity index (χ1n) is 9.90. The Kier molecular flexibility index (Phi) is 4.46. The Morgan fingerprint density at radius 2 is 2.20 bits per heavy atom. The molecule has 0 saturated carbocycles. The number of nitrogens with one attached hydrogen (secondary N) is 1. The minimum Gasteiger partial charge on any atom is -0.347 e. The molecule has 1 amide bonds. The lowest BCUT2D eigenvalue weighted by molar-refractivity contribution is 0.0934. The summed E-state index contributed by atoms with van der Waals surface area (Å²) in [5.74, 6) is 0.976. The third-order valence-corrected chi connectivity index (χ3v) is 5.33. The van der Waals surface area contributed by atoms with Crippen molar-refractivity contribution in [2.75, 3.05) is 18.0 Å². The largest absolute Gasteiger partial charge is 0.347 e. The number of hydrogen-bond donors (Lipinski definition) is 1. The van der Waals surface area contributed by atoms with Crippen LogP contribution in [0.1, 0.15) is 29.1 Å². The van der Waals surface area contributed by atoms with Gasteiger partial charge in [-0.1, -0.05) is 0 Å². The minimum atomic E-state index is -0.133. The Labute approximate surface area is 172 Å². The molecule has 30 heavy (non-hydrogen) atoms. The van der Waals surface area contributed by atoms with E-state index in [1.165, 1.54) is 0 Å². The number of piperidine rings is 1. The van der Waals surface area contributed by atoms with Crippen LogP contribution in [0.5, 0.6) is 0 Å². The van der Waals surface area contributed by atoms with E-state index in [-0.39, 0.29) is 11.9 Å². The van der Waals surface area contributed by atoms with Crippen LogP contribution in [0.25, 0.3) is 16.8 Å². The predicted molar refractivity (Wildman–Crippen MR) is 109 cm³/mol. The molecule has 10 nitrogen and oxygen atoms in total. The van der Waals surface area contributed by atoms with Crippen LogP contribution in [0.4, 0.5) is 5.95 Å². The van der Waals surface area contributed by atoms with Crippen LogP contribution in [-0.4, -0.2) is 54.6 Å². The van der Waals surface area contributed by atoms with Gasteiger partial charge in [-0.05, 0) is 36.2 Å². The maximum absolute atomic E-state index is 12.9. The van der Waals surface area contributed by atoms with E-state index in [9.17, 15) is 4.79 Å². The first kappa shape index (κ1) is 18.3. The number of rotatable bonds is 4. The third kappa shape index (κ3) is 3.40. The molecule has 0 aliphatic carbocycles. The number of aryl methyl sites for hydroxylation is 2. The molecule has 1 atom stereocenters. The normalized spacial score (nSPS) is 16.9. The molecule has 1 N–H and O–H groups in total. The smallest absolute Gasteiger partial charge is 0.266 e. The Bertz CT molecular complexity index is 1210. The molecule has 0 aromatic carbocycles. The fraction of sp³-hybridized carbons (Fsp3) is 0.350. The summed E-state index contributed by atoms with van der Waals surface area (Å²) in [6, 6.07) is 5.81. The summed E-state index contributed by atoms with van der Waals surface area (Å²) < 4.78 is 8.55. The van der Waals surface area contributed by atoms with Gasteiger partial charge in [0.1, 0.15) is 0 Å². The van der Waals surface area contributed by atoms with Crippen molar-refractivity contribution in [3.63, 3.8) is 0 Å². The number of carbonyl (C=O) groups excluding carboxylic acids is 1. The van der Waals surface area contributed by atoms with Gasteiger partial charge in [-0.15, -0.1) is 0 Å². The van der Waals surface area contributed by atoms with Gasteiger partial charge in [0, 0.05) is 51.1 Å². The molecule has 4 aromatic heterocycles. The van der Waals surface area contributed by atoms with Crippen LogP contribution < -0.4 is 10.2 Å². The minimum absolute atomic E-state index is 0.00722. The molecule has 0 unspecified atom stereocenters. The Morgan fingerprint density at radius 3 is 2.97 bits per heavy atom. The number of pyridine rings is 1. The van der Waals surface area contributed by atoms with Crippen molar-refractivity contribution in [1.82, 2.24) is 34.9 Å². The molecule has 1 aliphatic heterocycles. The number of fused-ring (bicyclic) bond motifs is 1. The van der Waals surface area contributed by atoms with Crippen LogP contribution in [-0.2, 0) is 7.05 Å². The number of aromatic nitrogens is 6. The van der Waals surface area contributed by atoms with E-state index < -0.39 is 0 Å². The lowest BCUT2D eigenvalue weighted by Crippen LogP contribution is -2.48. The van der Waals surface area contributed by atoms with Crippen molar-refractivity contribution < 1.29 is 9.32 Å². The maximum Gasteiger partial charge on any atom is 0.266 e. The zero-order valence-electron chi connectivity index (χ0n) is 16.8. The quantitative estimate of drug-likeness (QED) is 0.551. The average Bonchev–Trinajstić information content (AvgIpc) is 3.47. The molecule has 1 fully saturated rings. The number of nitrogens with zero attached hydrogens (tertiary/aromatic N) is 7. The van der Waals surface area contributed by atoms with E-state index in [0.717, 1.165) is 36.2 Å². The SMILES string of the molecule is Cc1nc(N2CCC[C@H](NC(=O)c3cnn4cc(-c5ccn(C)n5)ccc34)C2)no1. The zero-order chi connectivity index (χ0) is 20.7. The number of amides is 1. The summed E-state index contributed by atoms with van der Waals surface area (Å²) in [5, 5.41) is 15.9. The third-order valence-electron chi connectivity index (χ3n) is 5.33. The second kappa shape index (κ2) is 7.29. The topological polar surface area (TPSA) is 106 Å². The van der Waals surface area contributed by atoms with Crippen LogP contribution in [0, 0.1) is 6.92 Å². The highest BCUT2D eigenvalue weighted by Crippen LogP contribution is 2.21. The zero-order valence-corrected chi connectivity index (χ0v) is 16.8. The summed E-state index contributed by atoms with van der Waals surface area (Å²) in [5.41, 5.74) is 3.11. The molecule has 0 radical (unpaired) electrons. The highest BCUT2D eigenvalue weighted by Gasteiger charge is 2.25. The van der Waals surface area contributed by atoms with Crippen molar-refractivity contribution in [2.24, 2.45) is 7.05 Å². The Balaban J connectivity index is 1.32. The van der Waals surface area contributed by atoms with Gasteiger partial charge < -0.3 is 14.7 Å². The van der Waals surface area contributed by atoms with Gasteiger partial charge in [0.2, 0.25) is 5.89 Å². The molecule has 10 heteroatoms. The highest BCUT2D eigenvalue weighted by molar-refractivity contribution is 6.00. The van der Waals surface area contributed by atoms with E-state index in [1.54, 1.807) is 22.3 Å². The second-order valence-corrected chi connectivity index (χ2v) is 7.55. The van der Waals surface area contributed by atoms with Crippen molar-refractivity contribution in [2.45, 2.75) is 25.8 Å². The number of anilines is 1. The van der Waals surface area contributed by atoms with Crippen molar-refractivity contribution in [1.29, 1.82) is 0 Å². The lowest BCUT2D eigenvalue weighted by Gasteiger charge is -2.32. The van der Waals surface area contributed by atoms with Gasteiger partial charge in [-0.25, -0.2) is 4.52 Å². The molecule has 5 rings (SSSR count). The summed E-state index contributed by atoms with van der Waals surface area (Å²) in [4.78, 5) is 19.3. The summed E-state index contributed by atoms with van der Waals surface area (Å²) in [6.45, 7) is 3.26. The first-order valence-corrected chi connectivity index (χ1v) is 9.90. The van der Waals surface area contributed by atoms with Gasteiger partial charge >= 0.3 is 0 Å². The Morgan fingerprint density at radius 1 is 1.30 bits per heavy atom. The van der Waals surface area contributed by atoms with Gasteiger partial charge in [0.25, 0.3) is 11.9 Å². The summed E-state index contributed by atoms with van der Waals surface area (Å²) in [7, 11) is 1.88. The van der Waals surface area contributed by atoms with Crippen molar-refractivity contribution in [3.05, 3.63) is 48.2 Å². The molecule has 1 saturated heterocycles. The van der Waals surface area contributed by atoms with Crippen molar-refractivity contribution >= 4 is 17.4 Å². The van der Waals surface area contributed by atoms with E-state index in [1.807, 2.05) is 42.5 Å². The first-order chi connectivity index (χ1) is 14.6. The van der Waals surface area contributed by atoms with Gasteiger partial charge in [-0.2, -0.15) is 15.2 Å². The summed E-state index contributed by atoms with van der Waals surface area (Å²) in [6.07, 6.45) is 7.24. The number of carbonyl (C=O) groups is 1. The molecule has 4 aromatic rings. The monoisotopic (exact) mass is 406 g/mol. The van der Waals surface area contributed by atoms with E-state index >= 15 is 0 Å². The summed E-state index contributed by atoms with van der Waals surface area (Å²) >= 11 is 0. The highest BCUT2D eigenvalue weighted by atomic mass is 16.5. The standard InChI is InChI=1S/C20H22N8O2/c1-13-22-20(25-30-13)27-8-3-4-15(12-27)23-19(29)16-10-21-28-11-14(5-6-18(16)28)17-7-9-26(2)24-17/h5-7,9-11,15H,3-4,8,12H2,1-2H3,(H,23,29)/t15-/m0/s1. The van der Waals surface area contributed by atoms with E-state index in [0.29, 0.717) is 23.9 Å². The van der Waals surface area contributed by atoms with Crippen LogP contribution >= 0.6 is 0 Å². The van der Waals surface area contributed by atoms with Crippen LogP contribution in [0.3, 0.4) is 0 Å². The molecule has 0 spiro atoms. The lowest BCUT2D eigenvalue weighted by atomic mass is 10.1. The van der Waals surface area contributed by atoms with Crippen molar-refractivity contribution in [3.8, 4) is 11.3 Å². The Hall–Kier alpha value is -3.69. The maximum atomic E-state index is 12.9. The molecule has 1 aliphatic rings. The van der Waals surface area contributed by atoms with Gasteiger partial charge in [0.05, 0.1) is 23.0 Å². The molecule has 0 bridgehead atoms. The van der Waals surface area contributed by atoms with Crippen LogP contribution in [0.2, 0.25) is 0 Å². The number of hydrogen-bond acceptors (Lipinski definition) is 7. The predicted octanol–water partition coefficient (Wildman–Crippen LogP) is 1.83. The van der Waals surface area contributed by atoms with E-state index in [4.69, 9.17) is 4.52 Å². The average molecular weight is 406 g/mol.